The highest BCUT2D eigenvalue weighted by molar-refractivity contribution is 5.82. The fourth-order valence-corrected chi connectivity index (χ4v) is 2.49. The molecule has 0 radical (unpaired) electrons. The number of ether oxygens (including phenoxy) is 1. The van der Waals surface area contributed by atoms with E-state index in [-0.39, 0.29) is 24.5 Å². The molecule has 1 aromatic rings. The normalized spacial score (nSPS) is 24.3. The van der Waals surface area contributed by atoms with Gasteiger partial charge in [-0.05, 0) is 25.3 Å². The van der Waals surface area contributed by atoms with Gasteiger partial charge in [0, 0.05) is 6.61 Å². The zero-order valence-corrected chi connectivity index (χ0v) is 12.5. The number of nitrogens with one attached hydrogen (secondary N) is 1. The molecule has 0 saturated carbocycles. The van der Waals surface area contributed by atoms with Gasteiger partial charge in [-0.1, -0.05) is 30.3 Å². The first-order valence-electron chi connectivity index (χ1n) is 7.32. The number of benzene rings is 1. The third kappa shape index (κ3) is 3.84. The average molecular weight is 307 g/mol. The smallest absolute Gasteiger partial charge is 0.337 e. The minimum absolute atomic E-state index is 0.296. The van der Waals surface area contributed by atoms with Crippen LogP contribution in [0.1, 0.15) is 31.4 Å². The van der Waals surface area contributed by atoms with Crippen molar-refractivity contribution in [3.05, 3.63) is 35.9 Å². The molecule has 1 aliphatic rings. The molecule has 120 valence electrons. The molecule has 0 bridgehead atoms. The SMILES string of the molecule is CC(O)(CNC(=O)C1CCCOC1c1ccccc1)C(=O)O. The maximum absolute atomic E-state index is 12.4. The summed E-state index contributed by atoms with van der Waals surface area (Å²) >= 11 is 0. The molecule has 1 saturated heterocycles. The van der Waals surface area contributed by atoms with Crippen LogP contribution in [0.2, 0.25) is 0 Å². The van der Waals surface area contributed by atoms with Crippen molar-refractivity contribution in [3.8, 4) is 0 Å². The lowest BCUT2D eigenvalue weighted by Crippen LogP contribution is -2.49. The van der Waals surface area contributed by atoms with Crippen LogP contribution in [0.25, 0.3) is 0 Å². The number of aliphatic carboxylic acids is 1. The van der Waals surface area contributed by atoms with Crippen LogP contribution in [-0.2, 0) is 14.3 Å². The third-order valence-corrected chi connectivity index (χ3v) is 3.85. The molecule has 0 aromatic heterocycles. The van der Waals surface area contributed by atoms with Gasteiger partial charge in [-0.15, -0.1) is 0 Å². The Balaban J connectivity index is 2.05. The zero-order valence-electron chi connectivity index (χ0n) is 12.5. The highest BCUT2D eigenvalue weighted by Gasteiger charge is 2.35. The fourth-order valence-electron chi connectivity index (χ4n) is 2.49. The summed E-state index contributed by atoms with van der Waals surface area (Å²) < 4.78 is 5.74. The Kier molecular flexibility index (Phi) is 5.15. The van der Waals surface area contributed by atoms with Crippen LogP contribution >= 0.6 is 0 Å². The van der Waals surface area contributed by atoms with Gasteiger partial charge in [0.1, 0.15) is 0 Å². The van der Waals surface area contributed by atoms with Crippen molar-refractivity contribution in [1.82, 2.24) is 5.32 Å². The molecule has 3 atom stereocenters. The van der Waals surface area contributed by atoms with Crippen LogP contribution in [0.5, 0.6) is 0 Å². The molecule has 1 heterocycles. The second kappa shape index (κ2) is 6.89. The monoisotopic (exact) mass is 307 g/mol. The Morgan fingerprint density at radius 2 is 2.05 bits per heavy atom. The summed E-state index contributed by atoms with van der Waals surface area (Å²) in [5.74, 6) is -2.05. The molecule has 3 unspecified atom stereocenters. The molecular weight excluding hydrogens is 286 g/mol. The van der Waals surface area contributed by atoms with E-state index in [0.717, 1.165) is 18.9 Å². The highest BCUT2D eigenvalue weighted by Crippen LogP contribution is 2.33. The molecule has 3 N–H and O–H groups in total. The fraction of sp³-hybridized carbons (Fsp3) is 0.500. The van der Waals surface area contributed by atoms with E-state index < -0.39 is 11.6 Å². The van der Waals surface area contributed by atoms with Gasteiger partial charge in [-0.25, -0.2) is 4.79 Å². The Labute approximate surface area is 129 Å². The van der Waals surface area contributed by atoms with E-state index in [1.165, 1.54) is 0 Å². The molecule has 22 heavy (non-hydrogen) atoms. The Hall–Kier alpha value is -1.92. The summed E-state index contributed by atoms with van der Waals surface area (Å²) in [5, 5.41) is 21.1. The average Bonchev–Trinajstić information content (AvgIpc) is 2.53. The molecule has 2 rings (SSSR count). The largest absolute Gasteiger partial charge is 0.479 e. The minimum atomic E-state index is -1.98. The van der Waals surface area contributed by atoms with Crippen molar-refractivity contribution >= 4 is 11.9 Å². The Bertz CT molecular complexity index is 529. The molecular formula is C16H21NO5. The number of carbonyl (C=O) groups is 2. The second-order valence-corrected chi connectivity index (χ2v) is 5.75. The van der Waals surface area contributed by atoms with Crippen molar-refractivity contribution in [3.63, 3.8) is 0 Å². The standard InChI is InChI=1S/C16H21NO5/c1-16(21,15(19)20)10-17-14(18)12-8-5-9-22-13(12)11-6-3-2-4-7-11/h2-4,6-7,12-13,21H,5,8-10H2,1H3,(H,17,18)(H,19,20). The summed E-state index contributed by atoms with van der Waals surface area (Å²) in [6.45, 7) is 1.41. The predicted octanol–water partition coefficient (Wildman–Crippen LogP) is 1.11. The third-order valence-electron chi connectivity index (χ3n) is 3.85. The first-order chi connectivity index (χ1) is 10.4. The first kappa shape index (κ1) is 16.5. The van der Waals surface area contributed by atoms with Gasteiger partial charge in [-0.3, -0.25) is 4.79 Å². The van der Waals surface area contributed by atoms with Crippen molar-refractivity contribution < 1.29 is 24.5 Å². The number of amides is 1. The minimum Gasteiger partial charge on any atom is -0.479 e. The van der Waals surface area contributed by atoms with Crippen LogP contribution in [0.3, 0.4) is 0 Å². The van der Waals surface area contributed by atoms with E-state index in [9.17, 15) is 14.7 Å². The summed E-state index contributed by atoms with van der Waals surface area (Å²) in [7, 11) is 0. The van der Waals surface area contributed by atoms with Gasteiger partial charge in [0.25, 0.3) is 0 Å². The van der Waals surface area contributed by atoms with Crippen molar-refractivity contribution in [1.29, 1.82) is 0 Å². The van der Waals surface area contributed by atoms with E-state index in [0.29, 0.717) is 13.0 Å². The summed E-state index contributed by atoms with van der Waals surface area (Å²) in [6.07, 6.45) is 1.10. The lowest BCUT2D eigenvalue weighted by Gasteiger charge is -2.31. The molecule has 1 amide bonds. The van der Waals surface area contributed by atoms with E-state index in [2.05, 4.69) is 5.32 Å². The molecule has 6 heteroatoms. The second-order valence-electron chi connectivity index (χ2n) is 5.75. The molecule has 1 aliphatic heterocycles. The van der Waals surface area contributed by atoms with Gasteiger partial charge in [0.2, 0.25) is 5.91 Å². The lowest BCUT2D eigenvalue weighted by molar-refractivity contribution is -0.156. The van der Waals surface area contributed by atoms with Crippen molar-refractivity contribution in [2.45, 2.75) is 31.5 Å². The van der Waals surface area contributed by atoms with Crippen LogP contribution < -0.4 is 5.32 Å². The molecule has 0 aliphatic carbocycles. The Morgan fingerprint density at radius 1 is 1.36 bits per heavy atom. The summed E-state index contributed by atoms with van der Waals surface area (Å²) in [6, 6.07) is 9.48. The van der Waals surface area contributed by atoms with E-state index >= 15 is 0 Å². The van der Waals surface area contributed by atoms with Gasteiger partial charge < -0.3 is 20.3 Å². The zero-order chi connectivity index (χ0) is 16.2. The van der Waals surface area contributed by atoms with E-state index in [1.54, 1.807) is 0 Å². The molecule has 1 fully saturated rings. The number of hydrogen-bond acceptors (Lipinski definition) is 4. The Morgan fingerprint density at radius 3 is 2.68 bits per heavy atom. The van der Waals surface area contributed by atoms with Crippen LogP contribution in [-0.4, -0.2) is 40.8 Å². The molecule has 6 nitrogen and oxygen atoms in total. The van der Waals surface area contributed by atoms with Crippen LogP contribution in [0, 0.1) is 5.92 Å². The van der Waals surface area contributed by atoms with Crippen LogP contribution in [0.15, 0.2) is 30.3 Å². The molecule has 0 spiro atoms. The summed E-state index contributed by atoms with van der Waals surface area (Å²) in [5.41, 5.74) is -1.06. The molecule has 1 aromatic carbocycles. The number of carboxylic acid groups (broad SMARTS) is 1. The first-order valence-corrected chi connectivity index (χ1v) is 7.32. The predicted molar refractivity (Wildman–Crippen MR) is 79.1 cm³/mol. The maximum atomic E-state index is 12.4. The number of carboxylic acids is 1. The number of hydrogen-bond donors (Lipinski definition) is 3. The topological polar surface area (TPSA) is 95.9 Å². The van der Waals surface area contributed by atoms with Gasteiger partial charge in [-0.2, -0.15) is 0 Å². The quantitative estimate of drug-likeness (QED) is 0.757. The van der Waals surface area contributed by atoms with Gasteiger partial charge in [0.15, 0.2) is 5.60 Å². The van der Waals surface area contributed by atoms with Crippen molar-refractivity contribution in [2.75, 3.05) is 13.2 Å². The maximum Gasteiger partial charge on any atom is 0.337 e. The van der Waals surface area contributed by atoms with Crippen molar-refractivity contribution in [2.24, 2.45) is 5.92 Å². The lowest BCUT2D eigenvalue weighted by atomic mass is 9.88. The highest BCUT2D eigenvalue weighted by atomic mass is 16.5. The number of carbonyl (C=O) groups excluding carboxylic acids is 1. The van der Waals surface area contributed by atoms with Gasteiger partial charge >= 0.3 is 5.97 Å². The van der Waals surface area contributed by atoms with E-state index in [4.69, 9.17) is 9.84 Å². The number of aliphatic hydroxyl groups is 1. The van der Waals surface area contributed by atoms with Crippen LogP contribution in [0.4, 0.5) is 0 Å². The number of rotatable bonds is 5. The summed E-state index contributed by atoms with van der Waals surface area (Å²) in [4.78, 5) is 23.2. The van der Waals surface area contributed by atoms with Gasteiger partial charge in [0.05, 0.1) is 18.6 Å². The van der Waals surface area contributed by atoms with E-state index in [1.807, 2.05) is 30.3 Å².